The highest BCUT2D eigenvalue weighted by Gasteiger charge is 2.40. The van der Waals surface area contributed by atoms with Gasteiger partial charge in [0.15, 0.2) is 0 Å². The summed E-state index contributed by atoms with van der Waals surface area (Å²) >= 11 is 2.11. The average molecular weight is 300 g/mol. The van der Waals surface area contributed by atoms with E-state index in [2.05, 4.69) is 22.4 Å². The highest BCUT2D eigenvalue weighted by Crippen LogP contribution is 2.09. The number of hydrogen-bond acceptors (Lipinski definition) is 0. The summed E-state index contributed by atoms with van der Waals surface area (Å²) in [4.78, 5) is 0. The SMILES string of the molecule is [B][B]B([B])B(B([B])[B])B(I)B(B([B])[B])B([B])[B]. The summed E-state index contributed by atoms with van der Waals surface area (Å²) in [5.41, 5.74) is 0. The van der Waals surface area contributed by atoms with Crippen molar-refractivity contribution in [3.05, 3.63) is 0 Å². The van der Waals surface area contributed by atoms with Gasteiger partial charge in [0.1, 0.15) is 4.35 Å². The summed E-state index contributed by atoms with van der Waals surface area (Å²) in [6, 6.07) is 0. The van der Waals surface area contributed by atoms with E-state index in [4.69, 9.17) is 61.9 Å². The summed E-state index contributed by atoms with van der Waals surface area (Å²) in [5.74, 6) is 0. The largest absolute Gasteiger partial charge is 0.173 e. The molecule has 0 N–H and O–H groups in total. The van der Waals surface area contributed by atoms with Crippen molar-refractivity contribution in [2.75, 3.05) is 0 Å². The van der Waals surface area contributed by atoms with Crippen LogP contribution in [0.2, 0.25) is 0 Å². The molecule has 0 rings (SSSR count). The van der Waals surface area contributed by atoms with E-state index in [0.29, 0.717) is 0 Å². The Labute approximate surface area is 133 Å². The molecular formula is B16I. The molecule has 0 aromatic rings. The van der Waals surface area contributed by atoms with E-state index in [-0.39, 0.29) is 17.1 Å². The smallest absolute Gasteiger partial charge is 0.120 e. The van der Waals surface area contributed by atoms with E-state index in [9.17, 15) is 0 Å². The second kappa shape index (κ2) is 8.84. The predicted molar refractivity (Wildman–Crippen MR) is 106 cm³/mol. The third-order valence-electron chi connectivity index (χ3n) is 2.74. The van der Waals surface area contributed by atoms with Crippen molar-refractivity contribution in [1.82, 2.24) is 0 Å². The summed E-state index contributed by atoms with van der Waals surface area (Å²) in [5, 5.41) is 0. The van der Waals surface area contributed by atoms with Gasteiger partial charge in [0, 0.05) is 107 Å². The minimum atomic E-state index is -0.678. The van der Waals surface area contributed by atoms with E-state index in [1.54, 1.807) is 0 Å². The van der Waals surface area contributed by atoms with Gasteiger partial charge in [-0.15, -0.1) is 0 Å². The van der Waals surface area contributed by atoms with Crippen LogP contribution in [0.15, 0.2) is 0 Å². The van der Waals surface area contributed by atoms with E-state index in [1.165, 1.54) is 7.06 Å². The lowest BCUT2D eigenvalue weighted by molar-refractivity contribution is 3.44. The molecule has 0 nitrogen and oxygen atoms in total. The number of rotatable bonds is 7. The Bertz CT molecular complexity index is 188. The Morgan fingerprint density at radius 1 is 0.706 bits per heavy atom. The van der Waals surface area contributed by atoms with Crippen molar-refractivity contribution >= 4 is 134 Å². The molecule has 0 amide bonds. The molecule has 0 saturated heterocycles. The molecule has 17 heteroatoms. The maximum absolute atomic E-state index is 5.85. The molecule has 17 heavy (non-hydrogen) atoms. The fourth-order valence-corrected chi connectivity index (χ4v) is 3.67. The first-order chi connectivity index (χ1) is 7.73. The van der Waals surface area contributed by atoms with Crippen molar-refractivity contribution in [2.45, 2.75) is 0 Å². The summed E-state index contributed by atoms with van der Waals surface area (Å²) in [6.45, 7) is 0. The standard InChI is InChI=1S/B16I/c1-9-13(8)15(12(6)7)16(17)14(10(2)3)11(4)5. The van der Waals surface area contributed by atoms with Crippen LogP contribution in [0, 0.1) is 0 Å². The molecule has 0 aromatic carbocycles. The minimum absolute atomic E-state index is 0.178. The van der Waals surface area contributed by atoms with E-state index < -0.39 is 25.5 Å². The lowest BCUT2D eigenvalue weighted by Crippen LogP contribution is -2.72. The van der Waals surface area contributed by atoms with Crippen molar-refractivity contribution in [3.8, 4) is 0 Å². The number of halogens is 1. The zero-order valence-electron chi connectivity index (χ0n) is 9.62. The second-order valence-electron chi connectivity index (χ2n) is 4.10. The van der Waals surface area contributed by atoms with Crippen LogP contribution in [-0.4, -0.2) is 112 Å². The monoisotopic (exact) mass is 303 g/mol. The molecule has 0 fully saturated rings. The van der Waals surface area contributed by atoms with Crippen LogP contribution < -0.4 is 0 Å². The summed E-state index contributed by atoms with van der Waals surface area (Å²) in [7, 11) is 46.7. The molecule has 0 unspecified atom stereocenters. The van der Waals surface area contributed by atoms with Gasteiger partial charge in [-0.1, -0.05) is 0 Å². The van der Waals surface area contributed by atoms with Crippen molar-refractivity contribution < 1.29 is 0 Å². The Balaban J connectivity index is 4.97. The van der Waals surface area contributed by atoms with E-state index >= 15 is 0 Å². The van der Waals surface area contributed by atoms with Crippen LogP contribution in [0.1, 0.15) is 0 Å². The quantitative estimate of drug-likeness (QED) is 0.326. The highest BCUT2D eigenvalue weighted by atomic mass is 127. The van der Waals surface area contributed by atoms with Crippen molar-refractivity contribution in [1.29, 1.82) is 0 Å². The molecule has 0 aromatic heterocycles. The topological polar surface area (TPSA) is 0 Å². The molecule has 0 atom stereocenters. The molecule has 0 aliphatic carbocycles. The maximum atomic E-state index is 5.85. The lowest BCUT2D eigenvalue weighted by Gasteiger charge is -2.34. The maximum Gasteiger partial charge on any atom is 0.120 e. The first kappa shape index (κ1) is 18.8. The predicted octanol–water partition coefficient (Wildman–Crippen LogP) is -5.21. The molecule has 0 spiro atoms. The van der Waals surface area contributed by atoms with Gasteiger partial charge in [0.25, 0.3) is 0 Å². The fraction of sp³-hybridized carbons (Fsp3) is 0. The Kier molecular flexibility index (Phi) is 9.76. The van der Waals surface area contributed by atoms with Crippen LogP contribution in [-0.2, 0) is 0 Å². The first-order valence-electron chi connectivity index (χ1n) is 5.22. The van der Waals surface area contributed by atoms with Crippen molar-refractivity contribution in [2.24, 2.45) is 0 Å². The highest BCUT2D eigenvalue weighted by molar-refractivity contribution is 14.1. The second-order valence-corrected chi connectivity index (χ2v) is 5.54. The first-order valence-corrected chi connectivity index (χ1v) is 6.46. The zero-order chi connectivity index (χ0) is 13.7. The molecule has 0 aliphatic heterocycles. The van der Waals surface area contributed by atoms with Crippen LogP contribution in [0.25, 0.3) is 0 Å². The Morgan fingerprint density at radius 3 is 1.29 bits per heavy atom. The zero-order valence-corrected chi connectivity index (χ0v) is 11.8. The van der Waals surface area contributed by atoms with Gasteiger partial charge >= 0.3 is 0 Å². The van der Waals surface area contributed by atoms with E-state index in [0.717, 1.165) is 0 Å². The number of hydrogen-bond donors (Lipinski definition) is 0. The van der Waals surface area contributed by atoms with Gasteiger partial charge in [-0.05, 0) is 0 Å². The molecular weight excluding hydrogens is 300 g/mol. The fourth-order valence-electron chi connectivity index (χ4n) is 1.75. The third-order valence-corrected chi connectivity index (χ3v) is 4.40. The van der Waals surface area contributed by atoms with Crippen LogP contribution in [0.3, 0.4) is 0 Å². The third kappa shape index (κ3) is 5.73. The lowest BCUT2D eigenvalue weighted by atomic mass is 8.51. The Morgan fingerprint density at radius 2 is 1.06 bits per heavy atom. The van der Waals surface area contributed by atoms with Gasteiger partial charge < -0.3 is 0 Å². The van der Waals surface area contributed by atoms with Gasteiger partial charge in [-0.2, -0.15) is 22.4 Å². The summed E-state index contributed by atoms with van der Waals surface area (Å²) < 4.78 is -0.178. The van der Waals surface area contributed by atoms with Gasteiger partial charge in [-0.25, -0.2) is 0 Å². The molecule has 0 heterocycles. The minimum Gasteiger partial charge on any atom is -0.173 e. The molecule has 55 valence electrons. The summed E-state index contributed by atoms with van der Waals surface area (Å²) in [6.07, 6.45) is -3.16. The average Bonchev–Trinajstić information content (AvgIpc) is 2.15. The van der Waals surface area contributed by atoms with Gasteiger partial charge in [0.2, 0.25) is 0 Å². The molecule has 0 saturated carbocycles. The van der Waals surface area contributed by atoms with Crippen LogP contribution in [0.4, 0.5) is 0 Å². The molecule has 0 aliphatic rings. The van der Waals surface area contributed by atoms with Gasteiger partial charge in [0.05, 0.1) is 0 Å². The van der Waals surface area contributed by atoms with Crippen LogP contribution in [0.5, 0.6) is 0 Å². The molecule has 17 radical (unpaired) electrons. The normalized spacial score (nSPS) is 9.00. The Hall–Kier alpha value is 1.77. The molecule has 0 bridgehead atoms. The van der Waals surface area contributed by atoms with Gasteiger partial charge in [-0.3, -0.25) is 0 Å². The van der Waals surface area contributed by atoms with E-state index in [1.807, 2.05) is 0 Å². The van der Waals surface area contributed by atoms with Crippen molar-refractivity contribution in [3.63, 3.8) is 0 Å². The van der Waals surface area contributed by atoms with Crippen LogP contribution >= 0.6 is 22.4 Å².